The lowest BCUT2D eigenvalue weighted by atomic mass is 10.2. The highest BCUT2D eigenvalue weighted by atomic mass is 35.5. The van der Waals surface area contributed by atoms with Gasteiger partial charge in [0.25, 0.3) is 0 Å². The minimum Gasteiger partial charge on any atom is -0.489 e. The molecule has 1 N–H and O–H groups in total. The van der Waals surface area contributed by atoms with Crippen LogP contribution in [0.4, 0.5) is 27.6 Å². The molecule has 150 valence electrons. The van der Waals surface area contributed by atoms with E-state index < -0.39 is 34.8 Å². The Morgan fingerprint density at radius 2 is 1.48 bits per heavy atom. The smallest absolute Gasteiger partial charge is 0.200 e. The van der Waals surface area contributed by atoms with Gasteiger partial charge >= 0.3 is 0 Å². The Morgan fingerprint density at radius 1 is 0.862 bits per heavy atom. The summed E-state index contributed by atoms with van der Waals surface area (Å²) < 4.78 is 72.2. The van der Waals surface area contributed by atoms with Gasteiger partial charge in [0.15, 0.2) is 23.3 Å². The van der Waals surface area contributed by atoms with Crippen LogP contribution >= 0.6 is 11.6 Å². The summed E-state index contributed by atoms with van der Waals surface area (Å²) in [7, 11) is 0. The lowest BCUT2D eigenvalue weighted by molar-refractivity contribution is 0.306. The van der Waals surface area contributed by atoms with Crippen LogP contribution in [-0.4, -0.2) is 6.21 Å². The molecule has 0 amide bonds. The first-order chi connectivity index (χ1) is 13.9. The highest BCUT2D eigenvalue weighted by Gasteiger charge is 2.25. The molecule has 0 spiro atoms. The second-order valence-electron chi connectivity index (χ2n) is 5.80. The first-order valence-corrected chi connectivity index (χ1v) is 8.52. The van der Waals surface area contributed by atoms with Gasteiger partial charge in [-0.25, -0.2) is 22.0 Å². The van der Waals surface area contributed by atoms with Crippen LogP contribution < -0.4 is 10.2 Å². The summed E-state index contributed by atoms with van der Waals surface area (Å²) in [4.78, 5) is 0. The summed E-state index contributed by atoms with van der Waals surface area (Å²) in [5, 5.41) is 4.14. The summed E-state index contributed by atoms with van der Waals surface area (Å²) in [5.41, 5.74) is 1.96. The molecule has 0 aromatic heterocycles. The van der Waals surface area contributed by atoms with Crippen LogP contribution in [0.5, 0.6) is 5.75 Å². The van der Waals surface area contributed by atoms with Gasteiger partial charge < -0.3 is 4.74 Å². The molecule has 0 bridgehead atoms. The maximum atomic E-state index is 13.6. The third kappa shape index (κ3) is 4.83. The molecule has 3 rings (SSSR count). The molecule has 3 nitrogen and oxygen atoms in total. The van der Waals surface area contributed by atoms with E-state index in [2.05, 4.69) is 5.10 Å². The van der Waals surface area contributed by atoms with Gasteiger partial charge in [-0.2, -0.15) is 5.10 Å². The molecule has 0 aliphatic carbocycles. The van der Waals surface area contributed by atoms with Gasteiger partial charge in [-0.05, 0) is 35.4 Å². The summed E-state index contributed by atoms with van der Waals surface area (Å²) in [6, 6.07) is 13.6. The van der Waals surface area contributed by atoms with Gasteiger partial charge in [-0.15, -0.1) is 0 Å². The molecule has 29 heavy (non-hydrogen) atoms. The zero-order valence-electron chi connectivity index (χ0n) is 14.5. The van der Waals surface area contributed by atoms with Crippen molar-refractivity contribution in [3.05, 3.63) is 93.8 Å². The Morgan fingerprint density at radius 3 is 2.14 bits per heavy atom. The molecule has 0 atom stereocenters. The topological polar surface area (TPSA) is 33.6 Å². The predicted molar refractivity (Wildman–Crippen MR) is 99.7 cm³/mol. The van der Waals surface area contributed by atoms with E-state index in [0.717, 1.165) is 11.8 Å². The molecule has 0 aliphatic heterocycles. The lowest BCUT2D eigenvalue weighted by Gasteiger charge is -2.08. The number of hydrogen-bond donors (Lipinski definition) is 1. The number of rotatable bonds is 6. The van der Waals surface area contributed by atoms with E-state index in [9.17, 15) is 22.0 Å². The van der Waals surface area contributed by atoms with Gasteiger partial charge in [0.1, 0.15) is 18.0 Å². The van der Waals surface area contributed by atoms with Crippen LogP contribution in [0.3, 0.4) is 0 Å². The summed E-state index contributed by atoms with van der Waals surface area (Å²) in [6.07, 6.45) is 1.15. The SMILES string of the molecule is Fc1c(F)c(F)c(NN=Cc2cccc(OCc3ccc(Cl)cc3)c2)c(F)c1F. The van der Waals surface area contributed by atoms with E-state index in [-0.39, 0.29) is 6.61 Å². The van der Waals surface area contributed by atoms with E-state index in [4.69, 9.17) is 16.3 Å². The Labute approximate surface area is 167 Å². The Balaban J connectivity index is 1.69. The number of hydrazone groups is 1. The van der Waals surface area contributed by atoms with Crippen LogP contribution in [0, 0.1) is 29.1 Å². The third-order valence-electron chi connectivity index (χ3n) is 3.78. The molecule has 3 aromatic rings. The molecule has 9 heteroatoms. The van der Waals surface area contributed by atoms with E-state index >= 15 is 0 Å². The predicted octanol–water partition coefficient (Wildman–Crippen LogP) is 6.06. The second kappa shape index (κ2) is 8.91. The van der Waals surface area contributed by atoms with E-state index in [1.807, 2.05) is 17.6 Å². The largest absolute Gasteiger partial charge is 0.489 e. The minimum atomic E-state index is -2.24. The first kappa shape index (κ1) is 20.6. The number of nitrogens with zero attached hydrogens (tertiary/aromatic N) is 1. The fourth-order valence-electron chi connectivity index (χ4n) is 2.31. The molecular formula is C20H12ClF5N2O. The molecule has 0 aliphatic rings. The molecule has 0 fully saturated rings. The van der Waals surface area contributed by atoms with E-state index in [1.165, 1.54) is 0 Å². The van der Waals surface area contributed by atoms with E-state index in [1.54, 1.807) is 36.4 Å². The standard InChI is InChI=1S/C20H12ClF5N2O/c21-13-6-4-11(5-7-13)10-29-14-3-1-2-12(8-14)9-27-28-20-18(25)16(23)15(22)17(24)19(20)26/h1-9,28H,10H2. The zero-order valence-corrected chi connectivity index (χ0v) is 15.3. The maximum Gasteiger partial charge on any atom is 0.200 e. The monoisotopic (exact) mass is 426 g/mol. The summed E-state index contributed by atoms with van der Waals surface area (Å²) in [6.45, 7) is 0.278. The average Bonchev–Trinajstić information content (AvgIpc) is 2.73. The Hall–Kier alpha value is -3.13. The zero-order chi connectivity index (χ0) is 21.0. The molecular weight excluding hydrogens is 415 g/mol. The van der Waals surface area contributed by atoms with Crippen LogP contribution in [0.1, 0.15) is 11.1 Å². The highest BCUT2D eigenvalue weighted by molar-refractivity contribution is 6.30. The van der Waals surface area contributed by atoms with Crippen molar-refractivity contribution in [2.75, 3.05) is 5.43 Å². The fourth-order valence-corrected chi connectivity index (χ4v) is 2.43. The maximum absolute atomic E-state index is 13.6. The van der Waals surface area contributed by atoms with Crippen LogP contribution in [-0.2, 0) is 6.61 Å². The van der Waals surface area contributed by atoms with Crippen molar-refractivity contribution in [1.29, 1.82) is 0 Å². The van der Waals surface area contributed by atoms with Crippen molar-refractivity contribution in [3.63, 3.8) is 0 Å². The normalized spacial score (nSPS) is 11.1. The molecule has 0 unspecified atom stereocenters. The van der Waals surface area contributed by atoms with Crippen LogP contribution in [0.15, 0.2) is 53.6 Å². The number of hydrogen-bond acceptors (Lipinski definition) is 3. The highest BCUT2D eigenvalue weighted by Crippen LogP contribution is 2.27. The number of nitrogens with one attached hydrogen (secondary N) is 1. The molecule has 0 radical (unpaired) electrons. The molecule has 0 heterocycles. The quantitative estimate of drug-likeness (QED) is 0.171. The number of halogens is 6. The minimum absolute atomic E-state index is 0.278. The van der Waals surface area contributed by atoms with Gasteiger partial charge in [-0.3, -0.25) is 5.43 Å². The van der Waals surface area contributed by atoms with Crippen molar-refractivity contribution in [2.45, 2.75) is 6.61 Å². The van der Waals surface area contributed by atoms with Crippen molar-refractivity contribution in [3.8, 4) is 5.75 Å². The number of benzene rings is 3. The Kier molecular flexibility index (Phi) is 6.33. The van der Waals surface area contributed by atoms with Crippen molar-refractivity contribution < 1.29 is 26.7 Å². The van der Waals surface area contributed by atoms with Gasteiger partial charge in [0, 0.05) is 5.02 Å². The second-order valence-corrected chi connectivity index (χ2v) is 6.24. The average molecular weight is 427 g/mol. The van der Waals surface area contributed by atoms with Gasteiger partial charge in [-0.1, -0.05) is 35.9 Å². The summed E-state index contributed by atoms with van der Waals surface area (Å²) in [5.74, 6) is -9.87. The number of anilines is 1. The lowest BCUT2D eigenvalue weighted by Crippen LogP contribution is -2.06. The molecule has 3 aromatic carbocycles. The molecule has 0 saturated heterocycles. The van der Waals surface area contributed by atoms with Crippen molar-refractivity contribution >= 4 is 23.5 Å². The third-order valence-corrected chi connectivity index (χ3v) is 4.03. The summed E-state index contributed by atoms with van der Waals surface area (Å²) >= 11 is 5.82. The van der Waals surface area contributed by atoms with E-state index in [0.29, 0.717) is 16.3 Å². The first-order valence-electron chi connectivity index (χ1n) is 8.14. The van der Waals surface area contributed by atoms with Gasteiger partial charge in [0.2, 0.25) is 5.82 Å². The molecule has 0 saturated carbocycles. The van der Waals surface area contributed by atoms with Crippen LogP contribution in [0.25, 0.3) is 0 Å². The number of ether oxygens (including phenoxy) is 1. The van der Waals surface area contributed by atoms with Gasteiger partial charge in [0.05, 0.1) is 6.21 Å². The van der Waals surface area contributed by atoms with Crippen molar-refractivity contribution in [2.24, 2.45) is 5.10 Å². The fraction of sp³-hybridized carbons (Fsp3) is 0.0500. The van der Waals surface area contributed by atoms with Crippen molar-refractivity contribution in [1.82, 2.24) is 0 Å². The van der Waals surface area contributed by atoms with Crippen LogP contribution in [0.2, 0.25) is 5.02 Å². The Bertz CT molecular complexity index is 1030.